The topological polar surface area (TPSA) is 71.1 Å². The predicted octanol–water partition coefficient (Wildman–Crippen LogP) is 4.68. The number of aryl methyl sites for hydroxylation is 1. The van der Waals surface area contributed by atoms with Crippen molar-refractivity contribution >= 4 is 32.9 Å². The van der Waals surface area contributed by atoms with Gasteiger partial charge >= 0.3 is 0 Å². The highest BCUT2D eigenvalue weighted by Crippen LogP contribution is 2.24. The van der Waals surface area contributed by atoms with E-state index in [-0.39, 0.29) is 6.04 Å². The summed E-state index contributed by atoms with van der Waals surface area (Å²) in [5.74, 6) is 0.300. The second-order valence-corrected chi connectivity index (χ2v) is 8.97. The second kappa shape index (κ2) is 7.88. The molecule has 136 valence electrons. The van der Waals surface area contributed by atoms with Gasteiger partial charge in [-0.3, -0.25) is 4.72 Å². The van der Waals surface area contributed by atoms with Crippen LogP contribution in [0.15, 0.2) is 65.0 Å². The van der Waals surface area contributed by atoms with Crippen LogP contribution in [-0.4, -0.2) is 13.4 Å². The summed E-state index contributed by atoms with van der Waals surface area (Å²) in [5, 5.41) is 3.35. The zero-order chi connectivity index (χ0) is 18.6. The fourth-order valence-corrected chi connectivity index (χ4v) is 4.80. The highest BCUT2D eigenvalue weighted by atomic mass is 32.2. The molecule has 0 bridgehead atoms. The van der Waals surface area contributed by atoms with Gasteiger partial charge in [0.15, 0.2) is 0 Å². The highest BCUT2D eigenvalue weighted by molar-refractivity contribution is 7.94. The van der Waals surface area contributed by atoms with Gasteiger partial charge in [0.1, 0.15) is 10.0 Å². The Labute approximate surface area is 158 Å². The van der Waals surface area contributed by atoms with E-state index in [4.69, 9.17) is 0 Å². The summed E-state index contributed by atoms with van der Waals surface area (Å²) in [6, 6.07) is 17.2. The Morgan fingerprint density at radius 1 is 1.08 bits per heavy atom. The molecule has 2 N–H and O–H groups in total. The van der Waals surface area contributed by atoms with Crippen LogP contribution in [0.25, 0.3) is 0 Å². The van der Waals surface area contributed by atoms with Crippen molar-refractivity contribution in [1.29, 1.82) is 0 Å². The molecule has 5 nitrogen and oxygen atoms in total. The fourth-order valence-electron chi connectivity index (χ4n) is 2.50. The predicted molar refractivity (Wildman–Crippen MR) is 107 cm³/mol. The smallest absolute Gasteiger partial charge is 0.272 e. The summed E-state index contributed by atoms with van der Waals surface area (Å²) in [4.78, 5) is 5.25. The molecule has 0 aliphatic carbocycles. The third kappa shape index (κ3) is 4.42. The lowest BCUT2D eigenvalue weighted by molar-refractivity contribution is 0.603. The average molecular weight is 388 g/mol. The minimum atomic E-state index is -3.60. The number of benzene rings is 1. The molecule has 1 atom stereocenters. The second-order valence-electron chi connectivity index (χ2n) is 5.89. The van der Waals surface area contributed by atoms with Crippen LogP contribution < -0.4 is 10.0 Å². The SMILES string of the molecule is CCc1ccc(S(=O)(=O)Nc2ccc(NC(C)c3ccccc3)cn2)s1. The number of rotatable bonds is 7. The van der Waals surface area contributed by atoms with Gasteiger partial charge in [-0.2, -0.15) is 0 Å². The van der Waals surface area contributed by atoms with E-state index in [2.05, 4.69) is 34.1 Å². The maximum atomic E-state index is 12.4. The van der Waals surface area contributed by atoms with E-state index in [0.717, 1.165) is 17.0 Å². The largest absolute Gasteiger partial charge is 0.377 e. The third-order valence-corrected chi connectivity index (χ3v) is 7.01. The fraction of sp³-hybridized carbons (Fsp3) is 0.211. The Bertz CT molecular complexity index is 952. The van der Waals surface area contributed by atoms with Crippen LogP contribution in [0, 0.1) is 0 Å². The molecule has 0 saturated carbocycles. The van der Waals surface area contributed by atoms with Crippen molar-refractivity contribution in [3.63, 3.8) is 0 Å². The molecule has 3 rings (SSSR count). The Hall–Kier alpha value is -2.38. The Morgan fingerprint density at radius 3 is 2.46 bits per heavy atom. The number of anilines is 2. The third-order valence-electron chi connectivity index (χ3n) is 3.94. The molecule has 7 heteroatoms. The summed E-state index contributed by atoms with van der Waals surface area (Å²) in [5.41, 5.74) is 2.00. The number of sulfonamides is 1. The van der Waals surface area contributed by atoms with Gasteiger partial charge in [0.25, 0.3) is 10.0 Å². The van der Waals surface area contributed by atoms with Gasteiger partial charge in [-0.25, -0.2) is 13.4 Å². The molecule has 2 aromatic heterocycles. The van der Waals surface area contributed by atoms with Crippen LogP contribution in [0.5, 0.6) is 0 Å². The van der Waals surface area contributed by atoms with Gasteiger partial charge in [-0.15, -0.1) is 11.3 Å². The molecule has 0 aliphatic heterocycles. The Balaban J connectivity index is 1.67. The van der Waals surface area contributed by atoms with E-state index in [9.17, 15) is 8.42 Å². The van der Waals surface area contributed by atoms with Crippen LogP contribution in [0.3, 0.4) is 0 Å². The average Bonchev–Trinajstić information content (AvgIpc) is 3.14. The summed E-state index contributed by atoms with van der Waals surface area (Å²) >= 11 is 1.28. The minimum absolute atomic E-state index is 0.124. The van der Waals surface area contributed by atoms with Crippen molar-refractivity contribution in [2.75, 3.05) is 10.0 Å². The molecular weight excluding hydrogens is 366 g/mol. The Morgan fingerprint density at radius 2 is 1.85 bits per heavy atom. The summed E-state index contributed by atoms with van der Waals surface area (Å²) in [7, 11) is -3.60. The molecule has 0 radical (unpaired) electrons. The first-order chi connectivity index (χ1) is 12.5. The van der Waals surface area contributed by atoms with Crippen molar-refractivity contribution < 1.29 is 8.42 Å². The highest BCUT2D eigenvalue weighted by Gasteiger charge is 2.17. The number of nitrogens with zero attached hydrogens (tertiary/aromatic N) is 1. The van der Waals surface area contributed by atoms with Crippen molar-refractivity contribution in [2.24, 2.45) is 0 Å². The van der Waals surface area contributed by atoms with Crippen molar-refractivity contribution in [3.05, 3.63) is 71.2 Å². The number of hydrogen-bond donors (Lipinski definition) is 2. The first kappa shape index (κ1) is 18.4. The molecular formula is C19H21N3O2S2. The zero-order valence-corrected chi connectivity index (χ0v) is 16.3. The molecule has 1 unspecified atom stereocenters. The lowest BCUT2D eigenvalue weighted by Crippen LogP contribution is -2.13. The molecule has 3 aromatic rings. The van der Waals surface area contributed by atoms with Gasteiger partial charge in [-0.1, -0.05) is 37.3 Å². The molecule has 0 saturated heterocycles. The molecule has 26 heavy (non-hydrogen) atoms. The number of thiophene rings is 1. The molecule has 0 aliphatic rings. The van der Waals surface area contributed by atoms with Crippen LogP contribution in [0.4, 0.5) is 11.5 Å². The van der Waals surface area contributed by atoms with Gasteiger partial charge < -0.3 is 5.32 Å². The molecule has 0 fully saturated rings. The van der Waals surface area contributed by atoms with Crippen LogP contribution in [-0.2, 0) is 16.4 Å². The number of hydrogen-bond acceptors (Lipinski definition) is 5. The number of pyridine rings is 1. The van der Waals surface area contributed by atoms with Crippen LogP contribution in [0.1, 0.15) is 30.3 Å². The van der Waals surface area contributed by atoms with E-state index >= 15 is 0 Å². The minimum Gasteiger partial charge on any atom is -0.377 e. The van der Waals surface area contributed by atoms with E-state index in [1.54, 1.807) is 18.3 Å². The van der Waals surface area contributed by atoms with E-state index < -0.39 is 10.0 Å². The van der Waals surface area contributed by atoms with Crippen molar-refractivity contribution in [1.82, 2.24) is 4.98 Å². The summed E-state index contributed by atoms with van der Waals surface area (Å²) in [6.07, 6.45) is 2.45. The van der Waals surface area contributed by atoms with Gasteiger partial charge in [0.2, 0.25) is 0 Å². The van der Waals surface area contributed by atoms with E-state index in [1.165, 1.54) is 16.9 Å². The Kier molecular flexibility index (Phi) is 5.58. The number of nitrogens with one attached hydrogen (secondary N) is 2. The molecule has 1 aromatic carbocycles. The van der Waals surface area contributed by atoms with Crippen LogP contribution in [0.2, 0.25) is 0 Å². The van der Waals surface area contributed by atoms with Crippen LogP contribution >= 0.6 is 11.3 Å². The lowest BCUT2D eigenvalue weighted by atomic mass is 10.1. The lowest BCUT2D eigenvalue weighted by Gasteiger charge is -2.15. The van der Waals surface area contributed by atoms with Crippen molar-refractivity contribution in [2.45, 2.75) is 30.5 Å². The van der Waals surface area contributed by atoms with Crippen molar-refractivity contribution in [3.8, 4) is 0 Å². The van der Waals surface area contributed by atoms with E-state index in [1.807, 2.05) is 37.3 Å². The van der Waals surface area contributed by atoms with Gasteiger partial charge in [0, 0.05) is 10.9 Å². The summed E-state index contributed by atoms with van der Waals surface area (Å²) < 4.78 is 27.7. The number of aromatic nitrogens is 1. The maximum Gasteiger partial charge on any atom is 0.272 e. The first-order valence-corrected chi connectivity index (χ1v) is 10.7. The summed E-state index contributed by atoms with van der Waals surface area (Å²) in [6.45, 7) is 4.06. The molecule has 0 amide bonds. The molecule has 2 heterocycles. The standard InChI is InChI=1S/C19H21N3O2S2/c1-3-17-10-12-19(25-17)26(23,24)22-18-11-9-16(13-20-18)21-14(2)15-7-5-4-6-8-15/h4-14,21H,3H2,1-2H3,(H,20,22). The normalized spacial score (nSPS) is 12.5. The van der Waals surface area contributed by atoms with Gasteiger partial charge in [-0.05, 0) is 43.2 Å². The monoisotopic (exact) mass is 387 g/mol. The zero-order valence-electron chi connectivity index (χ0n) is 14.6. The van der Waals surface area contributed by atoms with E-state index in [0.29, 0.717) is 10.0 Å². The maximum absolute atomic E-state index is 12.4. The molecule has 0 spiro atoms. The van der Waals surface area contributed by atoms with Gasteiger partial charge in [0.05, 0.1) is 11.9 Å². The quantitative estimate of drug-likeness (QED) is 0.617. The first-order valence-electron chi connectivity index (χ1n) is 8.37.